The van der Waals surface area contributed by atoms with Gasteiger partial charge in [-0.25, -0.2) is 0 Å². The second kappa shape index (κ2) is 10.5. The van der Waals surface area contributed by atoms with Crippen LogP contribution >= 0.6 is 0 Å². The van der Waals surface area contributed by atoms with Gasteiger partial charge in [0.05, 0.1) is 0 Å². The summed E-state index contributed by atoms with van der Waals surface area (Å²) in [7, 11) is 0. The van der Waals surface area contributed by atoms with Crippen LogP contribution in [0, 0.1) is 0 Å². The highest BCUT2D eigenvalue weighted by Crippen LogP contribution is 2.12. The predicted octanol–water partition coefficient (Wildman–Crippen LogP) is 4.02. The van der Waals surface area contributed by atoms with Crippen LogP contribution in [-0.2, 0) is 9.53 Å². The summed E-state index contributed by atoms with van der Waals surface area (Å²) in [6, 6.07) is 0. The van der Waals surface area contributed by atoms with E-state index in [4.69, 9.17) is 4.74 Å². The van der Waals surface area contributed by atoms with E-state index in [2.05, 4.69) is 19.6 Å². The summed E-state index contributed by atoms with van der Waals surface area (Å²) in [4.78, 5) is 10.9. The summed E-state index contributed by atoms with van der Waals surface area (Å²) < 4.78 is 5.25. The average molecular weight is 224 g/mol. The number of unbranched alkanes of at least 4 members (excludes halogenated alkanes) is 2. The number of hydrogen-bond donors (Lipinski definition) is 0. The van der Waals surface area contributed by atoms with E-state index in [1.165, 1.54) is 6.92 Å². The zero-order valence-corrected chi connectivity index (χ0v) is 10.6. The fraction of sp³-hybridized carbons (Fsp3) is 0.643. The van der Waals surface area contributed by atoms with Gasteiger partial charge in [-0.2, -0.15) is 0 Å². The molecular formula is C14H24O2. The van der Waals surface area contributed by atoms with E-state index in [0.717, 1.165) is 38.5 Å². The number of allylic oxidation sites excluding steroid dienone is 3. The van der Waals surface area contributed by atoms with Gasteiger partial charge in [0.15, 0.2) is 0 Å². The van der Waals surface area contributed by atoms with Crippen molar-refractivity contribution >= 4 is 5.97 Å². The summed E-state index contributed by atoms with van der Waals surface area (Å²) in [6.07, 6.45) is 12.3. The summed E-state index contributed by atoms with van der Waals surface area (Å²) in [5.41, 5.74) is 0. The Balaban J connectivity index is 3.62. The lowest BCUT2D eigenvalue weighted by molar-refractivity contribution is -0.147. The Labute approximate surface area is 99.4 Å². The Kier molecular flexibility index (Phi) is 9.78. The molecule has 0 N–H and O–H groups in total. The molecule has 0 saturated heterocycles. The van der Waals surface area contributed by atoms with Crippen molar-refractivity contribution in [1.82, 2.24) is 0 Å². The van der Waals surface area contributed by atoms with Gasteiger partial charge in [0.2, 0.25) is 0 Å². The highest BCUT2D eigenvalue weighted by Gasteiger charge is 2.09. The molecule has 0 spiro atoms. The van der Waals surface area contributed by atoms with Crippen LogP contribution in [0.25, 0.3) is 0 Å². The topological polar surface area (TPSA) is 26.3 Å². The van der Waals surface area contributed by atoms with E-state index < -0.39 is 0 Å². The third-order valence-electron chi connectivity index (χ3n) is 2.36. The molecular weight excluding hydrogens is 200 g/mol. The fourth-order valence-electron chi connectivity index (χ4n) is 1.65. The average Bonchev–Trinajstić information content (AvgIpc) is 2.22. The van der Waals surface area contributed by atoms with Crippen LogP contribution in [0.3, 0.4) is 0 Å². The smallest absolute Gasteiger partial charge is 0.302 e. The van der Waals surface area contributed by atoms with Crippen LogP contribution in [0.2, 0.25) is 0 Å². The lowest BCUT2D eigenvalue weighted by Gasteiger charge is -2.15. The van der Waals surface area contributed by atoms with Gasteiger partial charge in [0.25, 0.3) is 0 Å². The lowest BCUT2D eigenvalue weighted by Crippen LogP contribution is -2.15. The van der Waals surface area contributed by atoms with E-state index in [0.29, 0.717) is 0 Å². The molecule has 0 amide bonds. The minimum Gasteiger partial charge on any atom is -0.463 e. The van der Waals surface area contributed by atoms with Gasteiger partial charge in [-0.1, -0.05) is 38.2 Å². The van der Waals surface area contributed by atoms with Crippen molar-refractivity contribution < 1.29 is 9.53 Å². The van der Waals surface area contributed by atoms with E-state index >= 15 is 0 Å². The second-order valence-corrected chi connectivity index (χ2v) is 3.97. The predicted molar refractivity (Wildman–Crippen MR) is 68.3 cm³/mol. The monoisotopic (exact) mass is 224 g/mol. The van der Waals surface area contributed by atoms with Crippen molar-refractivity contribution in [1.29, 1.82) is 0 Å². The maximum Gasteiger partial charge on any atom is 0.302 e. The van der Waals surface area contributed by atoms with Crippen molar-refractivity contribution in [2.75, 3.05) is 0 Å². The molecule has 0 heterocycles. The highest BCUT2D eigenvalue weighted by molar-refractivity contribution is 5.66. The molecule has 2 heteroatoms. The molecule has 0 aliphatic heterocycles. The Hall–Kier alpha value is -1.05. The summed E-state index contributed by atoms with van der Waals surface area (Å²) in [5, 5.41) is 0. The molecule has 0 bridgehead atoms. The number of carbonyl (C=O) groups excluding carboxylic acids is 1. The van der Waals surface area contributed by atoms with Crippen molar-refractivity contribution in [2.45, 2.75) is 58.5 Å². The van der Waals surface area contributed by atoms with Crippen molar-refractivity contribution in [2.24, 2.45) is 0 Å². The molecule has 0 fully saturated rings. The van der Waals surface area contributed by atoms with Crippen molar-refractivity contribution in [3.8, 4) is 0 Å². The second-order valence-electron chi connectivity index (χ2n) is 3.97. The summed E-state index contributed by atoms with van der Waals surface area (Å²) in [6.45, 7) is 7.22. The Bertz CT molecular complexity index is 219. The van der Waals surface area contributed by atoms with E-state index in [1.54, 1.807) is 6.08 Å². The van der Waals surface area contributed by atoms with Crippen LogP contribution in [0.1, 0.15) is 52.4 Å². The molecule has 0 radical (unpaired) electrons. The van der Waals surface area contributed by atoms with Crippen molar-refractivity contribution in [3.05, 3.63) is 24.8 Å². The third-order valence-corrected chi connectivity index (χ3v) is 2.36. The van der Waals surface area contributed by atoms with E-state index in [-0.39, 0.29) is 12.1 Å². The number of rotatable bonds is 9. The molecule has 1 unspecified atom stereocenters. The van der Waals surface area contributed by atoms with Gasteiger partial charge in [-0.05, 0) is 32.1 Å². The Morgan fingerprint density at radius 3 is 2.69 bits per heavy atom. The molecule has 0 saturated carbocycles. The van der Waals surface area contributed by atoms with Crippen LogP contribution in [0.5, 0.6) is 0 Å². The van der Waals surface area contributed by atoms with Gasteiger partial charge in [-0.3, -0.25) is 4.79 Å². The first kappa shape index (κ1) is 14.9. The minimum atomic E-state index is -0.162. The maximum atomic E-state index is 10.9. The normalized spacial score (nSPS) is 12.6. The van der Waals surface area contributed by atoms with Gasteiger partial charge in [-0.15, -0.1) is 0 Å². The SMILES string of the molecule is C=CC=CCCCCC(CCC)OC(C)=O. The van der Waals surface area contributed by atoms with Crippen LogP contribution in [0.15, 0.2) is 24.8 Å². The number of ether oxygens (including phenoxy) is 1. The largest absolute Gasteiger partial charge is 0.463 e. The molecule has 2 nitrogen and oxygen atoms in total. The van der Waals surface area contributed by atoms with Crippen LogP contribution < -0.4 is 0 Å². The third kappa shape index (κ3) is 9.50. The molecule has 0 aliphatic rings. The minimum absolute atomic E-state index is 0.117. The molecule has 1 atom stereocenters. The number of hydrogen-bond acceptors (Lipinski definition) is 2. The Morgan fingerprint density at radius 2 is 2.12 bits per heavy atom. The highest BCUT2D eigenvalue weighted by atomic mass is 16.5. The Morgan fingerprint density at radius 1 is 1.38 bits per heavy atom. The van der Waals surface area contributed by atoms with E-state index in [9.17, 15) is 4.79 Å². The summed E-state index contributed by atoms with van der Waals surface area (Å²) in [5.74, 6) is -0.162. The molecule has 0 aliphatic carbocycles. The standard InChI is InChI=1S/C14H24O2/c1-4-6-7-8-9-10-12-14(11-5-2)16-13(3)15/h4,6-7,14H,1,5,8-12H2,2-3H3. The lowest BCUT2D eigenvalue weighted by atomic mass is 10.1. The van der Waals surface area contributed by atoms with Gasteiger partial charge < -0.3 is 4.74 Å². The van der Waals surface area contributed by atoms with Crippen molar-refractivity contribution in [3.63, 3.8) is 0 Å². The van der Waals surface area contributed by atoms with Crippen LogP contribution in [0.4, 0.5) is 0 Å². The number of esters is 1. The van der Waals surface area contributed by atoms with Gasteiger partial charge >= 0.3 is 5.97 Å². The first-order valence-electron chi connectivity index (χ1n) is 6.15. The zero-order chi connectivity index (χ0) is 12.2. The molecule has 0 aromatic heterocycles. The van der Waals surface area contributed by atoms with Crippen LogP contribution in [-0.4, -0.2) is 12.1 Å². The molecule has 0 rings (SSSR count). The van der Waals surface area contributed by atoms with Gasteiger partial charge in [0, 0.05) is 6.92 Å². The van der Waals surface area contributed by atoms with Gasteiger partial charge in [0.1, 0.15) is 6.10 Å². The maximum absolute atomic E-state index is 10.9. The fourth-order valence-corrected chi connectivity index (χ4v) is 1.65. The molecule has 92 valence electrons. The summed E-state index contributed by atoms with van der Waals surface area (Å²) >= 11 is 0. The first-order chi connectivity index (χ1) is 7.70. The molecule has 16 heavy (non-hydrogen) atoms. The molecule has 0 aromatic carbocycles. The number of carbonyl (C=O) groups is 1. The first-order valence-corrected chi connectivity index (χ1v) is 6.15. The quantitative estimate of drug-likeness (QED) is 0.336. The molecule has 0 aromatic rings. The zero-order valence-electron chi connectivity index (χ0n) is 10.6. The van der Waals surface area contributed by atoms with E-state index in [1.807, 2.05) is 6.08 Å².